The van der Waals surface area contributed by atoms with Crippen molar-refractivity contribution in [2.75, 3.05) is 35.6 Å². The van der Waals surface area contributed by atoms with Gasteiger partial charge >= 0.3 is 0 Å². The van der Waals surface area contributed by atoms with Crippen molar-refractivity contribution in [2.45, 2.75) is 38.6 Å². The topological polar surface area (TPSA) is 84.9 Å². The van der Waals surface area contributed by atoms with E-state index in [0.29, 0.717) is 5.69 Å². The molecular formula is C16H25N7. The number of aromatic nitrogens is 4. The fourth-order valence-electron chi connectivity index (χ4n) is 2.95. The van der Waals surface area contributed by atoms with E-state index in [2.05, 4.69) is 29.7 Å². The second kappa shape index (κ2) is 7.80. The van der Waals surface area contributed by atoms with Crippen LogP contribution >= 0.6 is 0 Å². The summed E-state index contributed by atoms with van der Waals surface area (Å²) in [7, 11) is 0. The molecule has 0 bridgehead atoms. The van der Waals surface area contributed by atoms with Gasteiger partial charge in [0.25, 0.3) is 0 Å². The Morgan fingerprint density at radius 1 is 1.13 bits per heavy atom. The van der Waals surface area contributed by atoms with Crippen molar-refractivity contribution < 1.29 is 0 Å². The molecule has 0 atom stereocenters. The van der Waals surface area contributed by atoms with E-state index in [9.17, 15) is 0 Å². The smallest absolute Gasteiger partial charge is 0.157 e. The number of nitrogens with zero attached hydrogens (tertiary/aromatic N) is 5. The molecule has 0 aliphatic carbocycles. The van der Waals surface area contributed by atoms with Gasteiger partial charge in [-0.1, -0.05) is 12.8 Å². The SMILES string of the molecule is Nc1c(NCCCn2ccnc2)ncnc1N1CCCCCC1. The zero-order valence-electron chi connectivity index (χ0n) is 13.5. The number of rotatable bonds is 6. The van der Waals surface area contributed by atoms with Crippen LogP contribution in [0.3, 0.4) is 0 Å². The maximum Gasteiger partial charge on any atom is 0.157 e. The van der Waals surface area contributed by atoms with Gasteiger partial charge in [-0.2, -0.15) is 0 Å². The predicted octanol–water partition coefficient (Wildman–Crippen LogP) is 2.14. The molecule has 0 amide bonds. The van der Waals surface area contributed by atoms with E-state index in [0.717, 1.165) is 44.2 Å². The normalized spacial score (nSPS) is 15.4. The van der Waals surface area contributed by atoms with E-state index in [1.165, 1.54) is 25.7 Å². The number of nitrogens with two attached hydrogens (primary N) is 1. The van der Waals surface area contributed by atoms with Crippen molar-refractivity contribution in [3.63, 3.8) is 0 Å². The van der Waals surface area contributed by atoms with Crippen LogP contribution in [-0.4, -0.2) is 39.2 Å². The first-order valence-corrected chi connectivity index (χ1v) is 8.39. The van der Waals surface area contributed by atoms with Crippen molar-refractivity contribution in [1.29, 1.82) is 0 Å². The molecule has 124 valence electrons. The van der Waals surface area contributed by atoms with Gasteiger partial charge in [-0.3, -0.25) is 0 Å². The minimum atomic E-state index is 0.664. The summed E-state index contributed by atoms with van der Waals surface area (Å²) < 4.78 is 2.06. The molecule has 3 heterocycles. The Morgan fingerprint density at radius 2 is 1.96 bits per heavy atom. The lowest BCUT2D eigenvalue weighted by atomic mass is 10.2. The van der Waals surface area contributed by atoms with Gasteiger partial charge in [-0.25, -0.2) is 15.0 Å². The quantitative estimate of drug-likeness (QED) is 0.794. The average Bonchev–Trinajstić information content (AvgIpc) is 2.94. The van der Waals surface area contributed by atoms with E-state index in [-0.39, 0.29) is 0 Å². The van der Waals surface area contributed by atoms with Crippen LogP contribution in [0.2, 0.25) is 0 Å². The highest BCUT2D eigenvalue weighted by Crippen LogP contribution is 2.27. The van der Waals surface area contributed by atoms with Crippen LogP contribution in [-0.2, 0) is 6.54 Å². The second-order valence-corrected chi connectivity index (χ2v) is 5.94. The molecule has 23 heavy (non-hydrogen) atoms. The summed E-state index contributed by atoms with van der Waals surface area (Å²) in [6, 6.07) is 0. The van der Waals surface area contributed by atoms with Gasteiger partial charge in [-0.15, -0.1) is 0 Å². The summed E-state index contributed by atoms with van der Waals surface area (Å²) in [6.07, 6.45) is 13.2. The molecule has 1 fully saturated rings. The lowest BCUT2D eigenvalue weighted by Gasteiger charge is -2.23. The number of nitrogen functional groups attached to an aromatic ring is 1. The number of aryl methyl sites for hydroxylation is 1. The molecule has 1 aliphatic heterocycles. The van der Waals surface area contributed by atoms with Gasteiger partial charge in [0.05, 0.1) is 6.33 Å². The Labute approximate surface area is 136 Å². The third kappa shape index (κ3) is 4.12. The standard InChI is InChI=1S/C16H25N7/c17-14-15(19-6-5-8-22-11-7-18-13-22)20-12-21-16(14)23-9-3-1-2-4-10-23/h7,11-13H,1-6,8-10,17H2,(H,19,20,21). The molecule has 0 aromatic carbocycles. The van der Waals surface area contributed by atoms with Crippen LogP contribution in [0.1, 0.15) is 32.1 Å². The van der Waals surface area contributed by atoms with E-state index < -0.39 is 0 Å². The molecule has 1 saturated heterocycles. The van der Waals surface area contributed by atoms with E-state index in [4.69, 9.17) is 5.73 Å². The Bertz CT molecular complexity index is 588. The van der Waals surface area contributed by atoms with Crippen molar-refractivity contribution in [1.82, 2.24) is 19.5 Å². The van der Waals surface area contributed by atoms with Crippen LogP contribution in [0.5, 0.6) is 0 Å². The minimum absolute atomic E-state index is 0.664. The molecule has 7 heteroatoms. The van der Waals surface area contributed by atoms with Crippen LogP contribution in [0.25, 0.3) is 0 Å². The third-order valence-corrected chi connectivity index (χ3v) is 4.21. The van der Waals surface area contributed by atoms with Gasteiger partial charge in [0.15, 0.2) is 11.6 Å². The molecule has 2 aromatic heterocycles. The van der Waals surface area contributed by atoms with Crippen molar-refractivity contribution in [2.24, 2.45) is 0 Å². The summed E-state index contributed by atoms with van der Waals surface area (Å²) >= 11 is 0. The average molecular weight is 315 g/mol. The van der Waals surface area contributed by atoms with E-state index in [1.807, 2.05) is 12.5 Å². The lowest BCUT2D eigenvalue weighted by Crippen LogP contribution is -2.26. The number of hydrogen-bond donors (Lipinski definition) is 2. The van der Waals surface area contributed by atoms with Crippen LogP contribution < -0.4 is 16.0 Å². The zero-order chi connectivity index (χ0) is 15.9. The summed E-state index contributed by atoms with van der Waals surface area (Å²) in [5.74, 6) is 1.61. The van der Waals surface area contributed by atoms with E-state index in [1.54, 1.807) is 12.5 Å². The maximum absolute atomic E-state index is 6.30. The molecule has 0 spiro atoms. The molecule has 0 radical (unpaired) electrons. The summed E-state index contributed by atoms with van der Waals surface area (Å²) in [6.45, 7) is 3.80. The van der Waals surface area contributed by atoms with Crippen LogP contribution in [0, 0.1) is 0 Å². The Balaban J connectivity index is 1.57. The number of imidazole rings is 1. The predicted molar refractivity (Wildman–Crippen MR) is 92.5 cm³/mol. The summed E-state index contributed by atoms with van der Waals surface area (Å²) in [5, 5.41) is 3.33. The van der Waals surface area contributed by atoms with Gasteiger partial charge in [-0.05, 0) is 19.3 Å². The fourth-order valence-corrected chi connectivity index (χ4v) is 2.95. The largest absolute Gasteiger partial charge is 0.393 e. The van der Waals surface area contributed by atoms with Gasteiger partial charge in [0.1, 0.15) is 12.0 Å². The first-order valence-electron chi connectivity index (χ1n) is 8.39. The first-order chi connectivity index (χ1) is 11.3. The number of nitrogens with one attached hydrogen (secondary N) is 1. The molecule has 1 aliphatic rings. The molecular weight excluding hydrogens is 290 g/mol. The van der Waals surface area contributed by atoms with Crippen molar-refractivity contribution >= 4 is 17.3 Å². The lowest BCUT2D eigenvalue weighted by molar-refractivity contribution is 0.660. The summed E-state index contributed by atoms with van der Waals surface area (Å²) in [5.41, 5.74) is 6.96. The molecule has 7 nitrogen and oxygen atoms in total. The maximum atomic E-state index is 6.30. The van der Waals surface area contributed by atoms with Crippen LogP contribution in [0.4, 0.5) is 17.3 Å². The minimum Gasteiger partial charge on any atom is -0.393 e. The van der Waals surface area contributed by atoms with Gasteiger partial charge in [0.2, 0.25) is 0 Å². The monoisotopic (exact) mass is 315 g/mol. The fraction of sp³-hybridized carbons (Fsp3) is 0.562. The highest BCUT2D eigenvalue weighted by atomic mass is 15.2. The molecule has 0 saturated carbocycles. The van der Waals surface area contributed by atoms with Gasteiger partial charge in [0, 0.05) is 38.6 Å². The summed E-state index contributed by atoms with van der Waals surface area (Å²) in [4.78, 5) is 15.0. The molecule has 3 rings (SSSR count). The second-order valence-electron chi connectivity index (χ2n) is 5.94. The third-order valence-electron chi connectivity index (χ3n) is 4.21. The molecule has 0 unspecified atom stereocenters. The Kier molecular flexibility index (Phi) is 5.29. The zero-order valence-corrected chi connectivity index (χ0v) is 13.5. The molecule has 3 N–H and O–H groups in total. The Hall–Kier alpha value is -2.31. The highest BCUT2D eigenvalue weighted by Gasteiger charge is 2.16. The number of hydrogen-bond acceptors (Lipinski definition) is 6. The van der Waals surface area contributed by atoms with Crippen molar-refractivity contribution in [3.05, 3.63) is 25.0 Å². The molecule has 2 aromatic rings. The number of anilines is 3. The Morgan fingerprint density at radius 3 is 2.70 bits per heavy atom. The van der Waals surface area contributed by atoms with Crippen molar-refractivity contribution in [3.8, 4) is 0 Å². The first kappa shape index (κ1) is 15.6. The highest BCUT2D eigenvalue weighted by molar-refractivity contribution is 5.74. The van der Waals surface area contributed by atoms with Gasteiger partial charge < -0.3 is 20.5 Å². The van der Waals surface area contributed by atoms with E-state index >= 15 is 0 Å². The van der Waals surface area contributed by atoms with Crippen LogP contribution in [0.15, 0.2) is 25.0 Å².